The van der Waals surface area contributed by atoms with E-state index in [9.17, 15) is 4.79 Å². The molecule has 0 aliphatic rings. The number of primary amides is 1. The van der Waals surface area contributed by atoms with Crippen LogP contribution in [0.3, 0.4) is 0 Å². The van der Waals surface area contributed by atoms with Gasteiger partial charge in [-0.25, -0.2) is 0 Å². The third-order valence-electron chi connectivity index (χ3n) is 2.69. The van der Waals surface area contributed by atoms with Crippen molar-refractivity contribution in [2.45, 2.75) is 0 Å². The van der Waals surface area contributed by atoms with E-state index in [2.05, 4.69) is 0 Å². The van der Waals surface area contributed by atoms with Gasteiger partial charge in [-0.2, -0.15) is 0 Å². The lowest BCUT2D eigenvalue weighted by Crippen LogP contribution is -2.04. The molecule has 0 aliphatic carbocycles. The van der Waals surface area contributed by atoms with Gasteiger partial charge in [-0.15, -0.1) is 0 Å². The molecule has 1 amide bonds. The van der Waals surface area contributed by atoms with Crippen LogP contribution in [0.25, 0.3) is 5.57 Å². The van der Waals surface area contributed by atoms with Crippen molar-refractivity contribution in [1.82, 2.24) is 0 Å². The monoisotopic (exact) mass is 249 g/mol. The third kappa shape index (κ3) is 3.68. The van der Waals surface area contributed by atoms with E-state index in [0.717, 1.165) is 16.7 Å². The molecule has 2 nitrogen and oxygen atoms in total. The summed E-state index contributed by atoms with van der Waals surface area (Å²) in [5, 5.41) is 0. The van der Waals surface area contributed by atoms with Crippen LogP contribution in [0.5, 0.6) is 0 Å². The van der Waals surface area contributed by atoms with Crippen molar-refractivity contribution < 1.29 is 4.79 Å². The highest BCUT2D eigenvalue weighted by molar-refractivity contribution is 5.87. The molecule has 0 saturated carbocycles. The van der Waals surface area contributed by atoms with E-state index >= 15 is 0 Å². The Labute approximate surface area is 112 Å². The van der Waals surface area contributed by atoms with Gasteiger partial charge in [0.2, 0.25) is 5.91 Å². The topological polar surface area (TPSA) is 43.1 Å². The Hall–Kier alpha value is -2.61. The number of rotatable bonds is 4. The molecule has 0 heterocycles. The smallest absolute Gasteiger partial charge is 0.241 e. The van der Waals surface area contributed by atoms with Gasteiger partial charge < -0.3 is 5.73 Å². The number of benzene rings is 2. The highest BCUT2D eigenvalue weighted by Crippen LogP contribution is 2.22. The standard InChI is InChI=1S/C17H15NO/c18-17(19)13-7-12-16(14-8-3-1-4-9-14)15-10-5-2-6-11-15/h1-13H,(H2,18,19). The third-order valence-corrected chi connectivity index (χ3v) is 2.69. The number of amides is 1. The summed E-state index contributed by atoms with van der Waals surface area (Å²) in [4.78, 5) is 10.8. The maximum absolute atomic E-state index is 10.8. The van der Waals surface area contributed by atoms with Gasteiger partial charge in [-0.3, -0.25) is 4.79 Å². The second-order valence-corrected chi connectivity index (χ2v) is 4.07. The summed E-state index contributed by atoms with van der Waals surface area (Å²) in [6, 6.07) is 20.1. The molecule has 0 atom stereocenters. The largest absolute Gasteiger partial charge is 0.366 e. The van der Waals surface area contributed by atoms with Crippen molar-refractivity contribution in [3.63, 3.8) is 0 Å². The summed E-state index contributed by atoms with van der Waals surface area (Å²) in [6.45, 7) is 0. The van der Waals surface area contributed by atoms with Gasteiger partial charge in [0.25, 0.3) is 0 Å². The predicted molar refractivity (Wildman–Crippen MR) is 78.3 cm³/mol. The highest BCUT2D eigenvalue weighted by Gasteiger charge is 2.02. The highest BCUT2D eigenvalue weighted by atomic mass is 16.1. The summed E-state index contributed by atoms with van der Waals surface area (Å²) in [5.41, 5.74) is 8.36. The molecule has 0 bridgehead atoms. The van der Waals surface area contributed by atoms with Gasteiger partial charge in [-0.1, -0.05) is 72.8 Å². The van der Waals surface area contributed by atoms with E-state index in [1.54, 1.807) is 6.08 Å². The zero-order chi connectivity index (χ0) is 13.5. The van der Waals surface area contributed by atoms with Crippen LogP contribution in [0.4, 0.5) is 0 Å². The number of hydrogen-bond donors (Lipinski definition) is 1. The number of hydrogen-bond acceptors (Lipinski definition) is 1. The minimum absolute atomic E-state index is 0.447. The van der Waals surface area contributed by atoms with Crippen LogP contribution < -0.4 is 5.73 Å². The molecule has 19 heavy (non-hydrogen) atoms. The fraction of sp³-hybridized carbons (Fsp3) is 0. The number of nitrogens with two attached hydrogens (primary N) is 1. The van der Waals surface area contributed by atoms with E-state index in [0.29, 0.717) is 0 Å². The molecule has 2 N–H and O–H groups in total. The van der Waals surface area contributed by atoms with Crippen LogP contribution in [0.1, 0.15) is 11.1 Å². The van der Waals surface area contributed by atoms with E-state index in [1.807, 2.05) is 66.7 Å². The molecular formula is C17H15NO. The maximum atomic E-state index is 10.8. The number of carbonyl (C=O) groups excluding carboxylic acids is 1. The van der Waals surface area contributed by atoms with Crippen LogP contribution in [-0.4, -0.2) is 5.91 Å². The predicted octanol–water partition coefficient (Wildman–Crippen LogP) is 3.16. The van der Waals surface area contributed by atoms with Crippen molar-refractivity contribution >= 4 is 11.5 Å². The molecule has 0 radical (unpaired) electrons. The van der Waals surface area contributed by atoms with Gasteiger partial charge in [0, 0.05) is 6.08 Å². The molecular weight excluding hydrogens is 234 g/mol. The zero-order valence-electron chi connectivity index (χ0n) is 10.5. The first-order valence-corrected chi connectivity index (χ1v) is 6.06. The fourth-order valence-electron chi connectivity index (χ4n) is 1.83. The lowest BCUT2D eigenvalue weighted by Gasteiger charge is -2.07. The maximum Gasteiger partial charge on any atom is 0.241 e. The summed E-state index contributed by atoms with van der Waals surface area (Å²) < 4.78 is 0. The van der Waals surface area contributed by atoms with E-state index in [-0.39, 0.29) is 0 Å². The first-order valence-electron chi connectivity index (χ1n) is 6.06. The zero-order valence-corrected chi connectivity index (χ0v) is 10.5. The van der Waals surface area contributed by atoms with Crippen LogP contribution in [0.2, 0.25) is 0 Å². The molecule has 0 unspecified atom stereocenters. The lowest BCUT2D eigenvalue weighted by atomic mass is 9.97. The molecule has 94 valence electrons. The summed E-state index contributed by atoms with van der Waals surface area (Å²) >= 11 is 0. The Morgan fingerprint density at radius 2 is 1.32 bits per heavy atom. The van der Waals surface area contributed by atoms with E-state index < -0.39 is 5.91 Å². The van der Waals surface area contributed by atoms with Crippen LogP contribution >= 0.6 is 0 Å². The Morgan fingerprint density at radius 1 is 0.842 bits per heavy atom. The Balaban J connectivity index is 2.43. The quantitative estimate of drug-likeness (QED) is 0.656. The second kappa shape index (κ2) is 6.36. The fourth-order valence-corrected chi connectivity index (χ4v) is 1.83. The van der Waals surface area contributed by atoms with Crippen molar-refractivity contribution in [1.29, 1.82) is 0 Å². The summed E-state index contributed by atoms with van der Waals surface area (Å²) in [5.74, 6) is -0.447. The van der Waals surface area contributed by atoms with Gasteiger partial charge in [0.05, 0.1) is 0 Å². The van der Waals surface area contributed by atoms with Crippen molar-refractivity contribution in [3.05, 3.63) is 90.0 Å². The Bertz CT molecular complexity index is 556. The van der Waals surface area contributed by atoms with Crippen molar-refractivity contribution in [3.8, 4) is 0 Å². The van der Waals surface area contributed by atoms with E-state index in [4.69, 9.17) is 5.73 Å². The molecule has 0 aliphatic heterocycles. The normalized spacial score (nSPS) is 10.3. The van der Waals surface area contributed by atoms with Crippen LogP contribution in [0.15, 0.2) is 78.9 Å². The summed E-state index contributed by atoms with van der Waals surface area (Å²) in [7, 11) is 0. The molecule has 2 aromatic rings. The molecule has 0 aromatic heterocycles. The van der Waals surface area contributed by atoms with Crippen molar-refractivity contribution in [2.75, 3.05) is 0 Å². The number of allylic oxidation sites excluding steroid dienone is 2. The van der Waals surface area contributed by atoms with Gasteiger partial charge in [-0.05, 0) is 16.7 Å². The number of carbonyl (C=O) groups is 1. The molecule has 0 fully saturated rings. The van der Waals surface area contributed by atoms with Crippen LogP contribution in [-0.2, 0) is 4.79 Å². The first kappa shape index (κ1) is 12.8. The minimum atomic E-state index is -0.447. The first-order chi connectivity index (χ1) is 9.27. The molecule has 0 spiro atoms. The van der Waals surface area contributed by atoms with E-state index in [1.165, 1.54) is 6.08 Å². The average molecular weight is 249 g/mol. The molecule has 2 rings (SSSR count). The second-order valence-electron chi connectivity index (χ2n) is 4.07. The molecule has 2 aromatic carbocycles. The average Bonchev–Trinajstić information content (AvgIpc) is 2.45. The van der Waals surface area contributed by atoms with Gasteiger partial charge >= 0.3 is 0 Å². The van der Waals surface area contributed by atoms with Crippen LogP contribution in [0, 0.1) is 0 Å². The van der Waals surface area contributed by atoms with Gasteiger partial charge in [0.1, 0.15) is 0 Å². The minimum Gasteiger partial charge on any atom is -0.366 e. The SMILES string of the molecule is NC(=O)C=CC=C(c1ccccc1)c1ccccc1. The van der Waals surface area contributed by atoms with Crippen molar-refractivity contribution in [2.24, 2.45) is 5.73 Å². The molecule has 0 saturated heterocycles. The lowest BCUT2D eigenvalue weighted by molar-refractivity contribution is -0.113. The Kier molecular flexibility index (Phi) is 4.29. The summed E-state index contributed by atoms with van der Waals surface area (Å²) in [6.07, 6.45) is 4.93. The van der Waals surface area contributed by atoms with Gasteiger partial charge in [0.15, 0.2) is 0 Å². The Morgan fingerprint density at radius 3 is 1.74 bits per heavy atom. The molecule has 2 heteroatoms.